The van der Waals surface area contributed by atoms with Gasteiger partial charge in [0.15, 0.2) is 0 Å². The van der Waals surface area contributed by atoms with Gasteiger partial charge in [0.1, 0.15) is 38.9 Å². The summed E-state index contributed by atoms with van der Waals surface area (Å²) in [6.07, 6.45) is 0. The first-order chi connectivity index (χ1) is 18.3. The number of hydrogen-bond acceptors (Lipinski definition) is 6. The Morgan fingerprint density at radius 1 is 0.744 bits per heavy atom. The number of nitrogens with zero attached hydrogens (tertiary/aromatic N) is 1. The van der Waals surface area contributed by atoms with Crippen LogP contribution in [-0.4, -0.2) is 33.2 Å². The number of nitrogens with one attached hydrogen (secondary N) is 1. The summed E-state index contributed by atoms with van der Waals surface area (Å²) < 4.78 is 40.0. The molecule has 2 aromatic heterocycles. The zero-order chi connectivity index (χ0) is 26.2. The van der Waals surface area contributed by atoms with Crippen LogP contribution in [0, 0.1) is 0 Å². The minimum Gasteiger partial charge on any atom is -0.507 e. The molecule has 0 aliphatic carbocycles. The third kappa shape index (κ3) is 3.70. The van der Waals surface area contributed by atoms with Gasteiger partial charge in [-0.3, -0.25) is 4.55 Å². The summed E-state index contributed by atoms with van der Waals surface area (Å²) in [6, 6.07) is 24.3. The largest absolute Gasteiger partial charge is 0.507 e. The number of furan rings is 1. The lowest BCUT2D eigenvalue weighted by Crippen LogP contribution is -1.99. The molecule has 0 saturated carbocycles. The Morgan fingerprint density at radius 3 is 2.23 bits per heavy atom. The van der Waals surface area contributed by atoms with Gasteiger partial charge in [0.25, 0.3) is 10.1 Å². The maximum absolute atomic E-state index is 12.1. The van der Waals surface area contributed by atoms with E-state index >= 15 is 0 Å². The van der Waals surface area contributed by atoms with Crippen molar-refractivity contribution in [2.24, 2.45) is 0 Å². The van der Waals surface area contributed by atoms with E-state index in [9.17, 15) is 23.2 Å². The molecule has 8 nitrogen and oxygen atoms in total. The van der Waals surface area contributed by atoms with E-state index in [0.717, 1.165) is 21.9 Å². The van der Waals surface area contributed by atoms with Crippen molar-refractivity contribution >= 4 is 66.3 Å². The zero-order valence-corrected chi connectivity index (χ0v) is 21.5. The molecule has 194 valence electrons. The van der Waals surface area contributed by atoms with Gasteiger partial charge in [0.2, 0.25) is 0 Å². The summed E-state index contributed by atoms with van der Waals surface area (Å²) in [6.45, 7) is 0. The van der Waals surface area contributed by atoms with E-state index in [1.807, 2.05) is 42.5 Å². The quantitative estimate of drug-likeness (QED) is 0.171. The molecule has 0 atom stereocenters. The number of rotatable bonds is 3. The number of imidazole rings is 1. The number of aromatic nitrogens is 2. The van der Waals surface area contributed by atoms with Crippen molar-refractivity contribution in [1.82, 2.24) is 9.97 Å². The number of aromatic amines is 1. The van der Waals surface area contributed by atoms with Gasteiger partial charge in [0.05, 0.1) is 16.5 Å². The van der Waals surface area contributed by atoms with Crippen LogP contribution in [0.25, 0.3) is 66.3 Å². The van der Waals surface area contributed by atoms with Crippen molar-refractivity contribution in [3.8, 4) is 34.0 Å². The van der Waals surface area contributed by atoms with Crippen LogP contribution in [0.15, 0.2) is 94.2 Å². The van der Waals surface area contributed by atoms with Crippen molar-refractivity contribution in [3.63, 3.8) is 0 Å². The Labute approximate surface area is 227 Å². The number of benzene rings is 5. The standard InChI is InChI=1S/C29H18N2O6S.ClH/c32-21-11-4-9-18-24(38(34,35)36)14-20-27(26(18)21)31-29(30-20)19-10-3-8-16(28(19)33)15-7-5-13-23-25(15)17-6-1-2-12-22(17)37-23;/h1-14,32-33H,(H,30,31)(H,34,35,36);1H. The Kier molecular flexibility index (Phi) is 5.55. The molecule has 0 saturated heterocycles. The van der Waals surface area contributed by atoms with Gasteiger partial charge in [-0.2, -0.15) is 8.42 Å². The highest BCUT2D eigenvalue weighted by Gasteiger charge is 2.23. The highest BCUT2D eigenvalue weighted by atomic mass is 35.5. The predicted molar refractivity (Wildman–Crippen MR) is 152 cm³/mol. The van der Waals surface area contributed by atoms with E-state index < -0.39 is 10.1 Å². The van der Waals surface area contributed by atoms with E-state index in [1.54, 1.807) is 18.2 Å². The summed E-state index contributed by atoms with van der Waals surface area (Å²) in [4.78, 5) is 7.31. The Balaban J connectivity index is 0.00000277. The number of phenolic OH excluding ortho intramolecular Hbond substituents is 2. The minimum absolute atomic E-state index is 0. The van der Waals surface area contributed by atoms with Crippen LogP contribution in [0.2, 0.25) is 0 Å². The molecule has 0 fully saturated rings. The second-order valence-corrected chi connectivity index (χ2v) is 10.4. The summed E-state index contributed by atoms with van der Waals surface area (Å²) in [5, 5.41) is 24.1. The van der Waals surface area contributed by atoms with Gasteiger partial charge in [-0.15, -0.1) is 12.4 Å². The Bertz CT molecular complexity index is 2200. The van der Waals surface area contributed by atoms with Crippen molar-refractivity contribution in [2.45, 2.75) is 4.90 Å². The molecule has 0 bridgehead atoms. The van der Waals surface area contributed by atoms with Crippen LogP contribution in [0.4, 0.5) is 0 Å². The maximum Gasteiger partial charge on any atom is 0.295 e. The predicted octanol–water partition coefficient (Wildman–Crippen LogP) is 7.03. The van der Waals surface area contributed by atoms with Crippen LogP contribution >= 0.6 is 12.4 Å². The monoisotopic (exact) mass is 558 g/mol. The molecule has 2 heterocycles. The molecule has 0 aliphatic rings. The normalized spacial score (nSPS) is 11.9. The topological polar surface area (TPSA) is 137 Å². The van der Waals surface area contributed by atoms with Crippen molar-refractivity contribution in [2.75, 3.05) is 0 Å². The van der Waals surface area contributed by atoms with Gasteiger partial charge in [-0.25, -0.2) is 4.98 Å². The first kappa shape index (κ1) is 24.7. The van der Waals surface area contributed by atoms with E-state index in [0.29, 0.717) is 22.2 Å². The Hall–Kier alpha value is -4.57. The third-order valence-electron chi connectivity index (χ3n) is 6.81. The van der Waals surface area contributed by atoms with Crippen molar-refractivity contribution in [3.05, 3.63) is 84.9 Å². The molecule has 0 aliphatic heterocycles. The molecule has 4 N–H and O–H groups in total. The second kappa shape index (κ2) is 8.74. The fourth-order valence-electron chi connectivity index (χ4n) is 5.18. The number of para-hydroxylation sites is 2. The second-order valence-electron chi connectivity index (χ2n) is 9.01. The summed E-state index contributed by atoms with van der Waals surface area (Å²) in [7, 11) is -4.59. The number of halogens is 1. The molecule has 7 rings (SSSR count). The molecule has 0 amide bonds. The molecule has 0 spiro atoms. The lowest BCUT2D eigenvalue weighted by atomic mass is 9.96. The highest BCUT2D eigenvalue weighted by Crippen LogP contribution is 2.44. The SMILES string of the molecule is Cl.O=S(=O)(O)c1cc2[nH]c(-c3cccc(-c4cccc5oc6ccccc6c45)c3O)nc2c2c(O)cccc12. The molecule has 5 aromatic carbocycles. The molecule has 0 radical (unpaired) electrons. The van der Waals surface area contributed by atoms with Gasteiger partial charge in [-0.1, -0.05) is 54.6 Å². The van der Waals surface area contributed by atoms with Crippen LogP contribution in [0.3, 0.4) is 0 Å². The smallest absolute Gasteiger partial charge is 0.295 e. The van der Waals surface area contributed by atoms with Crippen LogP contribution in [0.5, 0.6) is 11.5 Å². The summed E-state index contributed by atoms with van der Waals surface area (Å²) >= 11 is 0. The van der Waals surface area contributed by atoms with Gasteiger partial charge in [0, 0.05) is 21.7 Å². The Morgan fingerprint density at radius 2 is 1.41 bits per heavy atom. The third-order valence-corrected chi connectivity index (χ3v) is 7.71. The van der Waals surface area contributed by atoms with Crippen molar-refractivity contribution < 1.29 is 27.6 Å². The number of aromatic hydroxyl groups is 2. The van der Waals surface area contributed by atoms with Gasteiger partial charge in [-0.05, 0) is 35.9 Å². The van der Waals surface area contributed by atoms with Crippen LogP contribution in [-0.2, 0) is 10.1 Å². The van der Waals surface area contributed by atoms with E-state index in [4.69, 9.17) is 4.42 Å². The molecule has 39 heavy (non-hydrogen) atoms. The summed E-state index contributed by atoms with van der Waals surface area (Å²) in [5.74, 6) is 0.0426. The van der Waals surface area contributed by atoms with E-state index in [-0.39, 0.29) is 50.9 Å². The maximum atomic E-state index is 12.1. The number of hydrogen-bond donors (Lipinski definition) is 4. The molecule has 10 heteroatoms. The molecule has 0 unspecified atom stereocenters. The van der Waals surface area contributed by atoms with E-state index in [2.05, 4.69) is 9.97 Å². The fraction of sp³-hybridized carbons (Fsp3) is 0. The molecular formula is C29H19ClN2O6S. The van der Waals surface area contributed by atoms with Crippen LogP contribution in [0.1, 0.15) is 0 Å². The number of H-pyrrole nitrogens is 1. The van der Waals surface area contributed by atoms with Gasteiger partial charge < -0.3 is 19.6 Å². The lowest BCUT2D eigenvalue weighted by Gasteiger charge is -2.10. The first-order valence-electron chi connectivity index (χ1n) is 11.7. The average molecular weight is 559 g/mol. The first-order valence-corrected chi connectivity index (χ1v) is 13.1. The van der Waals surface area contributed by atoms with Crippen molar-refractivity contribution in [1.29, 1.82) is 0 Å². The van der Waals surface area contributed by atoms with E-state index in [1.165, 1.54) is 24.3 Å². The minimum atomic E-state index is -4.59. The zero-order valence-electron chi connectivity index (χ0n) is 19.9. The van der Waals surface area contributed by atoms with Gasteiger partial charge >= 0.3 is 0 Å². The number of phenols is 2. The molecule has 7 aromatic rings. The summed E-state index contributed by atoms with van der Waals surface area (Å²) in [5.41, 5.74) is 3.72. The lowest BCUT2D eigenvalue weighted by molar-refractivity contribution is 0.478. The molecular weight excluding hydrogens is 540 g/mol. The average Bonchev–Trinajstić information content (AvgIpc) is 3.49. The fourth-order valence-corrected chi connectivity index (χ4v) is 5.89. The highest BCUT2D eigenvalue weighted by molar-refractivity contribution is 7.86. The van der Waals surface area contributed by atoms with Crippen LogP contribution < -0.4 is 0 Å². The number of fused-ring (bicyclic) bond motifs is 6.